The second-order valence-corrected chi connectivity index (χ2v) is 5.26. The zero-order valence-corrected chi connectivity index (χ0v) is 11.8. The highest BCUT2D eigenvalue weighted by molar-refractivity contribution is 5.96. The fraction of sp³-hybridized carbons (Fsp3) is 0.500. The average molecular weight is 294 g/mol. The number of nitro groups is 1. The first-order valence-corrected chi connectivity index (χ1v) is 6.74. The van der Waals surface area contributed by atoms with Gasteiger partial charge in [-0.3, -0.25) is 14.9 Å². The summed E-state index contributed by atoms with van der Waals surface area (Å²) in [7, 11) is 0. The maximum Gasteiger partial charge on any atom is 0.269 e. The minimum absolute atomic E-state index is 0.0491. The summed E-state index contributed by atoms with van der Waals surface area (Å²) in [6, 6.07) is 4.11. The number of non-ortho nitro benzene ring substituents is 1. The zero-order valence-electron chi connectivity index (χ0n) is 11.8. The molecule has 1 aromatic carbocycles. The number of aryl methyl sites for hydroxylation is 1. The van der Waals surface area contributed by atoms with Gasteiger partial charge in [0.25, 0.3) is 11.6 Å². The first-order chi connectivity index (χ1) is 9.97. The van der Waals surface area contributed by atoms with Crippen LogP contribution in [-0.2, 0) is 4.74 Å². The van der Waals surface area contributed by atoms with Crippen LogP contribution in [0.15, 0.2) is 18.2 Å². The molecule has 0 spiro atoms. The third-order valence-corrected chi connectivity index (χ3v) is 3.80. The Morgan fingerprint density at radius 2 is 2.14 bits per heavy atom. The summed E-state index contributed by atoms with van der Waals surface area (Å²) in [6.45, 7) is 2.46. The number of nitrogens with zero attached hydrogens (tertiary/aromatic N) is 1. The number of aliphatic hydroxyl groups excluding tert-OH is 1. The second kappa shape index (κ2) is 6.19. The molecular weight excluding hydrogens is 276 g/mol. The molecule has 1 amide bonds. The van der Waals surface area contributed by atoms with E-state index in [0.29, 0.717) is 37.2 Å². The molecule has 0 aromatic heterocycles. The van der Waals surface area contributed by atoms with E-state index in [-0.39, 0.29) is 18.2 Å². The molecule has 2 N–H and O–H groups in total. The normalized spacial score (nSPS) is 17.2. The molecule has 1 aliphatic heterocycles. The van der Waals surface area contributed by atoms with Gasteiger partial charge in [-0.05, 0) is 31.4 Å². The zero-order chi connectivity index (χ0) is 15.5. The van der Waals surface area contributed by atoms with E-state index in [0.717, 1.165) is 0 Å². The van der Waals surface area contributed by atoms with Crippen molar-refractivity contribution >= 4 is 11.6 Å². The van der Waals surface area contributed by atoms with Crippen LogP contribution in [0.5, 0.6) is 0 Å². The quantitative estimate of drug-likeness (QED) is 0.641. The number of benzene rings is 1. The molecular formula is C14H18N2O5. The summed E-state index contributed by atoms with van der Waals surface area (Å²) in [5.74, 6) is -0.335. The number of carbonyl (C=O) groups excluding carboxylic acids is 1. The molecule has 7 nitrogen and oxygen atoms in total. The summed E-state index contributed by atoms with van der Waals surface area (Å²) in [5, 5.41) is 23.1. The maximum absolute atomic E-state index is 12.3. The summed E-state index contributed by atoms with van der Waals surface area (Å²) in [5.41, 5.74) is 0.178. The van der Waals surface area contributed by atoms with E-state index in [4.69, 9.17) is 4.74 Å². The summed E-state index contributed by atoms with van der Waals surface area (Å²) in [6.07, 6.45) is 1.09. The van der Waals surface area contributed by atoms with E-state index < -0.39 is 10.5 Å². The van der Waals surface area contributed by atoms with Crippen molar-refractivity contribution in [2.24, 2.45) is 0 Å². The molecule has 0 bridgehead atoms. The van der Waals surface area contributed by atoms with Gasteiger partial charge in [0, 0.05) is 30.9 Å². The van der Waals surface area contributed by atoms with Gasteiger partial charge in [0.2, 0.25) is 0 Å². The van der Waals surface area contributed by atoms with Crippen molar-refractivity contribution in [1.82, 2.24) is 5.32 Å². The van der Waals surface area contributed by atoms with E-state index in [1.807, 2.05) is 0 Å². The molecule has 0 atom stereocenters. The SMILES string of the molecule is Cc1cc([N+](=O)[O-])ccc1C(=O)NC1(CO)CCOCC1. The van der Waals surface area contributed by atoms with Gasteiger partial charge in [-0.2, -0.15) is 0 Å². The van der Waals surface area contributed by atoms with Gasteiger partial charge in [0.15, 0.2) is 0 Å². The first-order valence-electron chi connectivity index (χ1n) is 6.74. The molecule has 0 radical (unpaired) electrons. The van der Waals surface area contributed by atoms with Crippen LogP contribution >= 0.6 is 0 Å². The molecule has 7 heteroatoms. The Kier molecular flexibility index (Phi) is 4.54. The highest BCUT2D eigenvalue weighted by Crippen LogP contribution is 2.22. The predicted molar refractivity (Wildman–Crippen MR) is 75.2 cm³/mol. The lowest BCUT2D eigenvalue weighted by Gasteiger charge is -2.36. The number of nitrogens with one attached hydrogen (secondary N) is 1. The number of rotatable bonds is 4. The van der Waals surface area contributed by atoms with Crippen LogP contribution in [0.3, 0.4) is 0 Å². The van der Waals surface area contributed by atoms with Crippen molar-refractivity contribution < 1.29 is 19.6 Å². The van der Waals surface area contributed by atoms with E-state index in [9.17, 15) is 20.0 Å². The number of amides is 1. The fourth-order valence-corrected chi connectivity index (χ4v) is 2.41. The molecule has 1 heterocycles. The lowest BCUT2D eigenvalue weighted by molar-refractivity contribution is -0.384. The van der Waals surface area contributed by atoms with Gasteiger partial charge in [-0.15, -0.1) is 0 Å². The van der Waals surface area contributed by atoms with Crippen LogP contribution < -0.4 is 5.32 Å². The number of nitro benzene ring substituents is 1. The van der Waals surface area contributed by atoms with E-state index >= 15 is 0 Å². The Hall–Kier alpha value is -1.99. The average Bonchev–Trinajstić information content (AvgIpc) is 2.47. The highest BCUT2D eigenvalue weighted by atomic mass is 16.6. The van der Waals surface area contributed by atoms with Crippen LogP contribution in [0.25, 0.3) is 0 Å². The molecule has 114 valence electrons. The first kappa shape index (κ1) is 15.4. The molecule has 1 aliphatic rings. The van der Waals surface area contributed by atoms with Crippen molar-refractivity contribution in [3.63, 3.8) is 0 Å². The van der Waals surface area contributed by atoms with E-state index in [1.54, 1.807) is 6.92 Å². The van der Waals surface area contributed by atoms with Crippen LogP contribution in [0.1, 0.15) is 28.8 Å². The van der Waals surface area contributed by atoms with Crippen LogP contribution in [0.2, 0.25) is 0 Å². The van der Waals surface area contributed by atoms with Crippen LogP contribution in [0.4, 0.5) is 5.69 Å². The predicted octanol–water partition coefficient (Wildman–Crippen LogP) is 1.17. The van der Waals surface area contributed by atoms with Crippen molar-refractivity contribution in [1.29, 1.82) is 0 Å². The summed E-state index contributed by atoms with van der Waals surface area (Å²) in [4.78, 5) is 22.6. The lowest BCUT2D eigenvalue weighted by Crippen LogP contribution is -2.54. The third-order valence-electron chi connectivity index (χ3n) is 3.80. The highest BCUT2D eigenvalue weighted by Gasteiger charge is 2.34. The maximum atomic E-state index is 12.3. The van der Waals surface area contributed by atoms with Gasteiger partial charge in [0.1, 0.15) is 0 Å². The summed E-state index contributed by atoms with van der Waals surface area (Å²) < 4.78 is 5.24. The van der Waals surface area contributed by atoms with Gasteiger partial charge in [0.05, 0.1) is 17.1 Å². The van der Waals surface area contributed by atoms with E-state index in [2.05, 4.69) is 5.32 Å². The van der Waals surface area contributed by atoms with Gasteiger partial charge < -0.3 is 15.2 Å². The minimum Gasteiger partial charge on any atom is -0.394 e. The Balaban J connectivity index is 2.18. The van der Waals surface area contributed by atoms with Gasteiger partial charge in [-0.25, -0.2) is 0 Å². The molecule has 2 rings (SSSR count). The molecule has 1 fully saturated rings. The molecule has 0 unspecified atom stereocenters. The molecule has 21 heavy (non-hydrogen) atoms. The number of carbonyl (C=O) groups is 1. The van der Waals surface area contributed by atoms with Crippen LogP contribution in [-0.4, -0.2) is 41.3 Å². The Bertz CT molecular complexity index is 552. The molecule has 0 aliphatic carbocycles. The largest absolute Gasteiger partial charge is 0.394 e. The Labute approximate surface area is 122 Å². The topological polar surface area (TPSA) is 102 Å². The van der Waals surface area contributed by atoms with Gasteiger partial charge in [-0.1, -0.05) is 0 Å². The van der Waals surface area contributed by atoms with Gasteiger partial charge >= 0.3 is 0 Å². The van der Waals surface area contributed by atoms with Crippen molar-refractivity contribution in [3.05, 3.63) is 39.4 Å². The number of hydrogen-bond donors (Lipinski definition) is 2. The molecule has 1 aromatic rings. The Morgan fingerprint density at radius 3 is 2.67 bits per heavy atom. The van der Waals surface area contributed by atoms with E-state index in [1.165, 1.54) is 18.2 Å². The van der Waals surface area contributed by atoms with Crippen molar-refractivity contribution in [3.8, 4) is 0 Å². The molecule has 0 saturated carbocycles. The number of hydrogen-bond acceptors (Lipinski definition) is 5. The molecule has 1 saturated heterocycles. The third kappa shape index (κ3) is 3.37. The summed E-state index contributed by atoms with van der Waals surface area (Å²) >= 11 is 0. The number of ether oxygens (including phenoxy) is 1. The number of aliphatic hydroxyl groups is 1. The Morgan fingerprint density at radius 1 is 1.48 bits per heavy atom. The standard InChI is InChI=1S/C14H18N2O5/c1-10-8-11(16(19)20)2-3-12(10)13(18)15-14(9-17)4-6-21-7-5-14/h2-3,8,17H,4-7,9H2,1H3,(H,15,18). The lowest BCUT2D eigenvalue weighted by atomic mass is 9.90. The van der Waals surface area contributed by atoms with Crippen molar-refractivity contribution in [2.75, 3.05) is 19.8 Å². The minimum atomic E-state index is -0.677. The smallest absolute Gasteiger partial charge is 0.269 e. The fourth-order valence-electron chi connectivity index (χ4n) is 2.41. The second-order valence-electron chi connectivity index (χ2n) is 5.26. The van der Waals surface area contributed by atoms with Crippen molar-refractivity contribution in [2.45, 2.75) is 25.3 Å². The van der Waals surface area contributed by atoms with Crippen LogP contribution in [0, 0.1) is 17.0 Å². The monoisotopic (exact) mass is 294 g/mol.